The predicted molar refractivity (Wildman–Crippen MR) is 101 cm³/mol. The van der Waals surface area contributed by atoms with Gasteiger partial charge in [0.2, 0.25) is 0 Å². The van der Waals surface area contributed by atoms with Gasteiger partial charge < -0.3 is 23.8 Å². The molecule has 0 aromatic heterocycles. The molecule has 2 bridgehead atoms. The Morgan fingerprint density at radius 2 is 1.87 bits per heavy atom. The first-order valence-electron chi connectivity index (χ1n) is 10.7. The van der Waals surface area contributed by atoms with Crippen molar-refractivity contribution in [1.29, 1.82) is 0 Å². The molecule has 1 N–H and O–H groups in total. The van der Waals surface area contributed by atoms with Gasteiger partial charge in [-0.05, 0) is 18.6 Å². The van der Waals surface area contributed by atoms with Crippen molar-refractivity contribution in [2.45, 2.75) is 18.6 Å². The third-order valence-electron chi connectivity index (χ3n) is 6.97. The van der Waals surface area contributed by atoms with Crippen LogP contribution in [0.1, 0.15) is 16.8 Å². The quantitative estimate of drug-likeness (QED) is 0.493. The van der Waals surface area contributed by atoms with E-state index in [1.807, 2.05) is 6.07 Å². The lowest BCUT2D eigenvalue weighted by Gasteiger charge is -2.30. The van der Waals surface area contributed by atoms with Gasteiger partial charge in [0, 0.05) is 11.8 Å². The first kappa shape index (κ1) is 19.5. The summed E-state index contributed by atoms with van der Waals surface area (Å²) in [6.07, 6.45) is -0.419. The van der Waals surface area contributed by atoms with E-state index in [9.17, 15) is 14.4 Å². The Kier molecular flexibility index (Phi) is 5.20. The lowest BCUT2D eigenvalue weighted by atomic mass is 9.78. The van der Waals surface area contributed by atoms with Gasteiger partial charge in [0.15, 0.2) is 0 Å². The van der Waals surface area contributed by atoms with Crippen molar-refractivity contribution in [3.8, 4) is 0 Å². The molecule has 0 amide bonds. The molecular formula is C22H26NO7+. The average Bonchev–Trinajstić information content (AvgIpc) is 3.39. The zero-order valence-electron chi connectivity index (χ0n) is 16.7. The maximum atomic E-state index is 12.9. The largest absolute Gasteiger partial charge is 0.459 e. The van der Waals surface area contributed by atoms with Crippen LogP contribution >= 0.6 is 0 Å². The first-order valence-corrected chi connectivity index (χ1v) is 10.7. The minimum Gasteiger partial charge on any atom is -0.459 e. The van der Waals surface area contributed by atoms with Gasteiger partial charge in [0.25, 0.3) is 0 Å². The molecule has 0 radical (unpaired) electrons. The molecule has 2 aliphatic carbocycles. The van der Waals surface area contributed by atoms with Gasteiger partial charge in [-0.15, -0.1) is 0 Å². The van der Waals surface area contributed by atoms with Crippen LogP contribution in [0.4, 0.5) is 0 Å². The molecule has 1 aromatic carbocycles. The Morgan fingerprint density at radius 1 is 1.10 bits per heavy atom. The number of esters is 3. The van der Waals surface area contributed by atoms with Crippen molar-refractivity contribution < 1.29 is 38.2 Å². The number of nitrogens with one attached hydrogen (secondary N) is 1. The Hall–Kier alpha value is -2.45. The van der Waals surface area contributed by atoms with Gasteiger partial charge in [-0.3, -0.25) is 9.59 Å². The third kappa shape index (κ3) is 3.37. The molecule has 6 unspecified atom stereocenters. The van der Waals surface area contributed by atoms with Crippen molar-refractivity contribution in [3.63, 3.8) is 0 Å². The van der Waals surface area contributed by atoms with Crippen LogP contribution in [0.5, 0.6) is 0 Å². The lowest BCUT2D eigenvalue weighted by molar-refractivity contribution is -0.908. The zero-order valence-corrected chi connectivity index (χ0v) is 16.7. The van der Waals surface area contributed by atoms with Crippen molar-refractivity contribution in [3.05, 3.63) is 35.9 Å². The summed E-state index contributed by atoms with van der Waals surface area (Å²) in [6.45, 7) is 4.28. The molecule has 2 saturated carbocycles. The Balaban J connectivity index is 1.24. The van der Waals surface area contributed by atoms with Gasteiger partial charge in [0.05, 0.1) is 30.6 Å². The van der Waals surface area contributed by atoms with Crippen LogP contribution < -0.4 is 4.90 Å². The zero-order chi connectivity index (χ0) is 20.7. The Bertz CT molecular complexity index is 822. The lowest BCUT2D eigenvalue weighted by Crippen LogP contribution is -3.14. The molecule has 6 atom stereocenters. The van der Waals surface area contributed by atoms with E-state index in [2.05, 4.69) is 0 Å². The fraction of sp³-hybridized carbons (Fsp3) is 0.591. The minimum absolute atomic E-state index is 0.0847. The molecule has 2 heterocycles. The van der Waals surface area contributed by atoms with Gasteiger partial charge in [0.1, 0.15) is 38.4 Å². The minimum atomic E-state index is -0.604. The van der Waals surface area contributed by atoms with E-state index >= 15 is 0 Å². The van der Waals surface area contributed by atoms with Gasteiger partial charge in [-0.2, -0.15) is 0 Å². The summed E-state index contributed by atoms with van der Waals surface area (Å²) in [7, 11) is 0. The fourth-order valence-electron chi connectivity index (χ4n) is 5.54. The van der Waals surface area contributed by atoms with E-state index in [0.717, 1.165) is 32.8 Å². The fourth-order valence-corrected chi connectivity index (χ4v) is 5.54. The monoisotopic (exact) mass is 416 g/mol. The van der Waals surface area contributed by atoms with E-state index in [-0.39, 0.29) is 23.8 Å². The second-order valence-electron chi connectivity index (χ2n) is 8.53. The van der Waals surface area contributed by atoms with Crippen molar-refractivity contribution in [2.75, 3.05) is 39.5 Å². The van der Waals surface area contributed by atoms with E-state index in [1.54, 1.807) is 24.3 Å². The number of morpholine rings is 1. The molecule has 2 saturated heterocycles. The number of carbonyl (C=O) groups excluding carboxylic acids is 3. The topological polar surface area (TPSA) is 92.6 Å². The molecule has 5 rings (SSSR count). The SMILES string of the molecule is O=C(OC1C2CC3C1OC(=O)C3C2C(=O)OCC[NH+]1CCOCC1)c1ccccc1. The molecule has 8 nitrogen and oxygen atoms in total. The van der Waals surface area contributed by atoms with Crippen molar-refractivity contribution in [2.24, 2.45) is 23.7 Å². The van der Waals surface area contributed by atoms with E-state index in [1.165, 1.54) is 4.90 Å². The van der Waals surface area contributed by atoms with Gasteiger partial charge >= 0.3 is 17.9 Å². The highest BCUT2D eigenvalue weighted by atomic mass is 16.6. The van der Waals surface area contributed by atoms with Crippen LogP contribution in [0.2, 0.25) is 0 Å². The molecule has 160 valence electrons. The number of ether oxygens (including phenoxy) is 4. The molecule has 1 aromatic rings. The third-order valence-corrected chi connectivity index (χ3v) is 6.97. The summed E-state index contributed by atoms with van der Waals surface area (Å²) in [4.78, 5) is 39.3. The molecule has 0 spiro atoms. The highest BCUT2D eigenvalue weighted by Crippen LogP contribution is 2.59. The molecular weight excluding hydrogens is 390 g/mol. The van der Waals surface area contributed by atoms with Crippen molar-refractivity contribution >= 4 is 17.9 Å². The maximum Gasteiger partial charge on any atom is 0.338 e. The molecule has 4 fully saturated rings. The van der Waals surface area contributed by atoms with Crippen molar-refractivity contribution in [1.82, 2.24) is 0 Å². The van der Waals surface area contributed by atoms with Gasteiger partial charge in [-0.1, -0.05) is 18.2 Å². The first-order chi connectivity index (χ1) is 14.6. The van der Waals surface area contributed by atoms with Crippen LogP contribution in [0.25, 0.3) is 0 Å². The van der Waals surface area contributed by atoms with Gasteiger partial charge in [-0.25, -0.2) is 4.79 Å². The molecule has 30 heavy (non-hydrogen) atoms. The summed E-state index contributed by atoms with van der Waals surface area (Å²) in [5, 5.41) is 0. The number of quaternary nitrogens is 1. The number of carbonyl (C=O) groups is 3. The summed E-state index contributed by atoms with van der Waals surface area (Å²) >= 11 is 0. The highest BCUT2D eigenvalue weighted by molar-refractivity contribution is 5.90. The summed E-state index contributed by atoms with van der Waals surface area (Å²) in [5.41, 5.74) is 0.439. The molecule has 2 aliphatic heterocycles. The summed E-state index contributed by atoms with van der Waals surface area (Å²) < 4.78 is 22.2. The predicted octanol–water partition coefficient (Wildman–Crippen LogP) is -0.522. The van der Waals surface area contributed by atoms with Crippen LogP contribution in [0.3, 0.4) is 0 Å². The van der Waals surface area contributed by atoms with Crippen LogP contribution in [0.15, 0.2) is 30.3 Å². The second-order valence-corrected chi connectivity index (χ2v) is 8.53. The van der Waals surface area contributed by atoms with E-state index in [0.29, 0.717) is 18.6 Å². The summed E-state index contributed by atoms with van der Waals surface area (Å²) in [6, 6.07) is 8.71. The number of rotatable bonds is 6. The van der Waals surface area contributed by atoms with Crippen LogP contribution in [-0.4, -0.2) is 69.6 Å². The van der Waals surface area contributed by atoms with E-state index < -0.39 is 30.0 Å². The Morgan fingerprint density at radius 3 is 2.63 bits per heavy atom. The normalized spacial score (nSPS) is 34.6. The number of fused-ring (bicyclic) bond motifs is 1. The Labute approximate surface area is 174 Å². The molecule has 8 heteroatoms. The second kappa shape index (κ2) is 8.00. The van der Waals surface area contributed by atoms with Crippen LogP contribution in [-0.2, 0) is 28.5 Å². The summed E-state index contributed by atoms with van der Waals surface area (Å²) in [5.74, 6) is -2.62. The molecule has 4 aliphatic rings. The van der Waals surface area contributed by atoms with Crippen LogP contribution in [0, 0.1) is 23.7 Å². The number of hydrogen-bond donors (Lipinski definition) is 1. The number of hydrogen-bond acceptors (Lipinski definition) is 7. The maximum absolute atomic E-state index is 12.9. The number of benzene rings is 1. The smallest absolute Gasteiger partial charge is 0.338 e. The average molecular weight is 416 g/mol. The van der Waals surface area contributed by atoms with E-state index in [4.69, 9.17) is 18.9 Å². The standard InChI is InChI=1S/C22H25NO7/c24-20(13-4-2-1-3-5-13)29-18-14-12-15-17(22(26)30-19(15)18)16(14)21(25)28-11-8-23-6-9-27-10-7-23/h1-5,14-19H,6-12H2/p+1. The highest BCUT2D eigenvalue weighted by Gasteiger charge is 2.70.